The summed E-state index contributed by atoms with van der Waals surface area (Å²) in [5, 5.41) is 9.37. The Morgan fingerprint density at radius 2 is 1.73 bits per heavy atom. The van der Waals surface area contributed by atoms with Crippen LogP contribution in [0.5, 0.6) is 0 Å². The molecule has 1 heterocycles. The molecule has 1 aliphatic heterocycles. The normalized spacial score (nSPS) is 52.6. The van der Waals surface area contributed by atoms with E-state index in [1.165, 1.54) is 0 Å². The highest BCUT2D eigenvalue weighted by Crippen LogP contribution is 2.27. The summed E-state index contributed by atoms with van der Waals surface area (Å²) in [4.78, 5) is 0. The molecular formula is C8H15FO2. The molecule has 2 nitrogen and oxygen atoms in total. The fourth-order valence-corrected chi connectivity index (χ4v) is 1.54. The van der Waals surface area contributed by atoms with Crippen molar-refractivity contribution in [1.29, 1.82) is 0 Å². The summed E-state index contributed by atoms with van der Waals surface area (Å²) in [7, 11) is 0. The summed E-state index contributed by atoms with van der Waals surface area (Å²) < 4.78 is 18.3. The third-order valence-electron chi connectivity index (χ3n) is 2.40. The van der Waals surface area contributed by atoms with Crippen molar-refractivity contribution in [3.05, 3.63) is 0 Å². The fraction of sp³-hybridized carbons (Fsp3) is 1.00. The van der Waals surface area contributed by atoms with Crippen molar-refractivity contribution in [2.24, 2.45) is 5.92 Å². The highest BCUT2D eigenvalue weighted by molar-refractivity contribution is 4.86. The zero-order valence-electron chi connectivity index (χ0n) is 7.12. The lowest BCUT2D eigenvalue weighted by Crippen LogP contribution is -2.49. The van der Waals surface area contributed by atoms with Crippen LogP contribution in [-0.4, -0.2) is 29.6 Å². The van der Waals surface area contributed by atoms with Crippen molar-refractivity contribution in [2.75, 3.05) is 0 Å². The number of halogens is 1. The van der Waals surface area contributed by atoms with Crippen LogP contribution in [0.1, 0.15) is 20.8 Å². The van der Waals surface area contributed by atoms with Crippen molar-refractivity contribution in [2.45, 2.75) is 45.3 Å². The number of hydrogen-bond donors (Lipinski definition) is 1. The Morgan fingerprint density at radius 1 is 1.18 bits per heavy atom. The van der Waals surface area contributed by atoms with Gasteiger partial charge in [0.2, 0.25) is 0 Å². The molecule has 0 radical (unpaired) electrons. The van der Waals surface area contributed by atoms with E-state index in [0.717, 1.165) is 0 Å². The molecule has 0 spiro atoms. The van der Waals surface area contributed by atoms with Crippen molar-refractivity contribution < 1.29 is 14.2 Å². The third kappa shape index (κ3) is 1.54. The molecule has 5 atom stereocenters. The van der Waals surface area contributed by atoms with Gasteiger partial charge in [-0.25, -0.2) is 4.39 Å². The minimum atomic E-state index is -1.04. The molecule has 0 aliphatic carbocycles. The van der Waals surface area contributed by atoms with Crippen LogP contribution >= 0.6 is 0 Å². The van der Waals surface area contributed by atoms with Gasteiger partial charge in [0.25, 0.3) is 0 Å². The molecule has 0 aromatic heterocycles. The van der Waals surface area contributed by atoms with E-state index in [4.69, 9.17) is 4.74 Å². The van der Waals surface area contributed by atoms with Gasteiger partial charge in [-0.15, -0.1) is 0 Å². The highest BCUT2D eigenvalue weighted by Gasteiger charge is 2.38. The number of rotatable bonds is 0. The van der Waals surface area contributed by atoms with Crippen LogP contribution in [0, 0.1) is 5.92 Å². The molecule has 11 heavy (non-hydrogen) atoms. The van der Waals surface area contributed by atoms with Crippen LogP contribution in [0.15, 0.2) is 0 Å². The maximum absolute atomic E-state index is 13.1. The second kappa shape index (κ2) is 3.07. The van der Waals surface area contributed by atoms with Crippen LogP contribution in [0.25, 0.3) is 0 Å². The summed E-state index contributed by atoms with van der Waals surface area (Å²) in [6.07, 6.45) is -2.34. The van der Waals surface area contributed by atoms with Gasteiger partial charge in [0.1, 0.15) is 6.17 Å². The van der Waals surface area contributed by atoms with Crippen molar-refractivity contribution in [1.82, 2.24) is 0 Å². The van der Waals surface area contributed by atoms with E-state index in [1.807, 2.05) is 0 Å². The summed E-state index contributed by atoms with van der Waals surface area (Å²) in [6, 6.07) is 0. The van der Waals surface area contributed by atoms with Gasteiger partial charge in [0.05, 0.1) is 18.3 Å². The third-order valence-corrected chi connectivity index (χ3v) is 2.40. The number of ether oxygens (including phenoxy) is 1. The van der Waals surface area contributed by atoms with Crippen molar-refractivity contribution in [3.8, 4) is 0 Å². The Labute approximate surface area is 66.4 Å². The van der Waals surface area contributed by atoms with E-state index in [-0.39, 0.29) is 18.1 Å². The van der Waals surface area contributed by atoms with Gasteiger partial charge in [-0.2, -0.15) is 0 Å². The zero-order valence-corrected chi connectivity index (χ0v) is 7.12. The van der Waals surface area contributed by atoms with E-state index in [1.54, 1.807) is 20.8 Å². The lowest BCUT2D eigenvalue weighted by molar-refractivity contribution is -0.163. The quantitative estimate of drug-likeness (QED) is 0.578. The molecule has 66 valence electrons. The smallest absolute Gasteiger partial charge is 0.131 e. The number of aliphatic hydroxyl groups is 1. The SMILES string of the molecule is CC1OC(C)C(F)C(C)C1O. The summed E-state index contributed by atoms with van der Waals surface area (Å²) in [6.45, 7) is 5.18. The first-order chi connectivity index (χ1) is 5.04. The van der Waals surface area contributed by atoms with Crippen LogP contribution in [-0.2, 0) is 4.74 Å². The number of aliphatic hydroxyl groups excluding tert-OH is 1. The molecule has 1 rings (SSSR count). The van der Waals surface area contributed by atoms with E-state index in [9.17, 15) is 9.50 Å². The average molecular weight is 162 g/mol. The van der Waals surface area contributed by atoms with Gasteiger partial charge in [0.15, 0.2) is 0 Å². The average Bonchev–Trinajstić information content (AvgIpc) is 1.97. The Hall–Kier alpha value is -0.150. The van der Waals surface area contributed by atoms with Crippen LogP contribution in [0.2, 0.25) is 0 Å². The topological polar surface area (TPSA) is 29.5 Å². The molecule has 1 fully saturated rings. The molecule has 0 bridgehead atoms. The van der Waals surface area contributed by atoms with Gasteiger partial charge >= 0.3 is 0 Å². The molecule has 0 amide bonds. The van der Waals surface area contributed by atoms with Crippen molar-refractivity contribution in [3.63, 3.8) is 0 Å². The van der Waals surface area contributed by atoms with Crippen molar-refractivity contribution >= 4 is 0 Å². The van der Waals surface area contributed by atoms with Crippen LogP contribution in [0.3, 0.4) is 0 Å². The largest absolute Gasteiger partial charge is 0.390 e. The number of hydrogen-bond acceptors (Lipinski definition) is 2. The Balaban J connectivity index is 2.63. The maximum Gasteiger partial charge on any atom is 0.131 e. The lowest BCUT2D eigenvalue weighted by Gasteiger charge is -2.37. The predicted octanol–water partition coefficient (Wildman–Crippen LogP) is 1.13. The molecular weight excluding hydrogens is 147 g/mol. The van der Waals surface area contributed by atoms with Gasteiger partial charge < -0.3 is 9.84 Å². The monoisotopic (exact) mass is 162 g/mol. The Morgan fingerprint density at radius 3 is 2.27 bits per heavy atom. The van der Waals surface area contributed by atoms with Gasteiger partial charge in [-0.3, -0.25) is 0 Å². The molecule has 0 aromatic rings. The molecule has 1 saturated heterocycles. The Bertz CT molecular complexity index is 126. The molecule has 0 saturated carbocycles. The first kappa shape index (κ1) is 8.94. The number of alkyl halides is 1. The Kier molecular flexibility index (Phi) is 2.50. The molecule has 0 aromatic carbocycles. The maximum atomic E-state index is 13.1. The molecule has 3 heteroatoms. The van der Waals surface area contributed by atoms with Gasteiger partial charge in [0, 0.05) is 5.92 Å². The predicted molar refractivity (Wildman–Crippen MR) is 40.1 cm³/mol. The van der Waals surface area contributed by atoms with E-state index in [2.05, 4.69) is 0 Å². The summed E-state index contributed by atoms with van der Waals surface area (Å²) in [5.41, 5.74) is 0. The molecule has 1 aliphatic rings. The zero-order chi connectivity index (χ0) is 8.59. The molecule has 5 unspecified atom stereocenters. The lowest BCUT2D eigenvalue weighted by atomic mass is 9.90. The first-order valence-corrected chi connectivity index (χ1v) is 4.01. The minimum Gasteiger partial charge on any atom is -0.390 e. The van der Waals surface area contributed by atoms with Crippen LogP contribution < -0.4 is 0 Å². The van der Waals surface area contributed by atoms with Gasteiger partial charge in [-0.1, -0.05) is 6.92 Å². The first-order valence-electron chi connectivity index (χ1n) is 4.01. The second-order valence-electron chi connectivity index (χ2n) is 3.34. The van der Waals surface area contributed by atoms with Crippen LogP contribution in [0.4, 0.5) is 4.39 Å². The van der Waals surface area contributed by atoms with E-state index >= 15 is 0 Å². The molecule has 1 N–H and O–H groups in total. The second-order valence-corrected chi connectivity index (χ2v) is 3.34. The minimum absolute atomic E-state index is 0.244. The van der Waals surface area contributed by atoms with Gasteiger partial charge in [-0.05, 0) is 13.8 Å². The fourth-order valence-electron chi connectivity index (χ4n) is 1.54. The highest BCUT2D eigenvalue weighted by atomic mass is 19.1. The summed E-state index contributed by atoms with van der Waals surface area (Å²) in [5.74, 6) is -0.311. The standard InChI is InChI=1S/C8H15FO2/c1-4-7(9)5(2)11-6(3)8(4)10/h4-8,10H,1-3H3. The summed E-state index contributed by atoms with van der Waals surface area (Å²) >= 11 is 0. The van der Waals surface area contributed by atoms with E-state index < -0.39 is 12.3 Å². The van der Waals surface area contributed by atoms with E-state index in [0.29, 0.717) is 0 Å².